The van der Waals surface area contributed by atoms with Gasteiger partial charge < -0.3 is 5.11 Å². The first-order valence-corrected chi connectivity index (χ1v) is 6.80. The minimum atomic E-state index is -3.80. The van der Waals surface area contributed by atoms with E-state index in [1.165, 1.54) is 0 Å². The standard InChI is InChI=1S/C10H14N4O4S/c1-10(2,6-11)7-13-19(17,18)8-3-12-14(4-8)5-9(15)16/h3-4,13H,5,7H2,1-2H3,(H,15,16). The lowest BCUT2D eigenvalue weighted by atomic mass is 9.97. The third-order valence-electron chi connectivity index (χ3n) is 2.22. The van der Waals surface area contributed by atoms with Gasteiger partial charge >= 0.3 is 5.97 Å². The van der Waals surface area contributed by atoms with Crippen molar-refractivity contribution < 1.29 is 18.3 Å². The average Bonchev–Trinajstić information content (AvgIpc) is 2.75. The molecule has 0 saturated carbocycles. The number of nitriles is 1. The number of aromatic nitrogens is 2. The predicted octanol–water partition coefficient (Wildman–Crippen LogP) is -0.204. The normalized spacial score (nSPS) is 12.1. The SMILES string of the molecule is CC(C)(C#N)CNS(=O)(=O)c1cnn(CC(=O)O)c1. The summed E-state index contributed by atoms with van der Waals surface area (Å²) in [5.74, 6) is -1.12. The Hall–Kier alpha value is -1.92. The fraction of sp³-hybridized carbons (Fsp3) is 0.500. The molecular weight excluding hydrogens is 272 g/mol. The van der Waals surface area contributed by atoms with Gasteiger partial charge in [-0.15, -0.1) is 0 Å². The third-order valence-corrected chi connectivity index (χ3v) is 3.58. The minimum Gasteiger partial charge on any atom is -0.480 e. The molecule has 0 aromatic carbocycles. The monoisotopic (exact) mass is 286 g/mol. The molecule has 0 amide bonds. The molecule has 1 heterocycles. The van der Waals surface area contributed by atoms with Crippen LogP contribution in [0.2, 0.25) is 0 Å². The largest absolute Gasteiger partial charge is 0.480 e. The maximum absolute atomic E-state index is 11.9. The lowest BCUT2D eigenvalue weighted by Crippen LogP contribution is -2.33. The highest BCUT2D eigenvalue weighted by Crippen LogP contribution is 2.13. The molecule has 0 unspecified atom stereocenters. The highest BCUT2D eigenvalue weighted by Gasteiger charge is 2.23. The van der Waals surface area contributed by atoms with E-state index in [0.29, 0.717) is 0 Å². The Morgan fingerprint density at radius 1 is 1.63 bits per heavy atom. The molecule has 0 saturated heterocycles. The Morgan fingerprint density at radius 2 is 2.26 bits per heavy atom. The average molecular weight is 286 g/mol. The lowest BCUT2D eigenvalue weighted by Gasteiger charge is -2.15. The van der Waals surface area contributed by atoms with Crippen LogP contribution in [0, 0.1) is 16.7 Å². The van der Waals surface area contributed by atoms with Gasteiger partial charge in [0, 0.05) is 12.7 Å². The van der Waals surface area contributed by atoms with Gasteiger partial charge in [0.1, 0.15) is 11.4 Å². The second-order valence-electron chi connectivity index (χ2n) is 4.59. The molecule has 1 aromatic rings. The molecule has 0 fully saturated rings. The Balaban J connectivity index is 2.81. The Kier molecular flexibility index (Phi) is 4.28. The number of hydrogen-bond donors (Lipinski definition) is 2. The number of rotatable bonds is 6. The van der Waals surface area contributed by atoms with Gasteiger partial charge in [0.25, 0.3) is 0 Å². The van der Waals surface area contributed by atoms with Crippen LogP contribution in [0.1, 0.15) is 13.8 Å². The number of nitrogens with zero attached hydrogens (tertiary/aromatic N) is 3. The summed E-state index contributed by atoms with van der Waals surface area (Å²) in [5, 5.41) is 21.0. The van der Waals surface area contributed by atoms with Gasteiger partial charge in [-0.1, -0.05) is 0 Å². The summed E-state index contributed by atoms with van der Waals surface area (Å²) in [6.07, 6.45) is 2.18. The molecule has 0 spiro atoms. The molecule has 0 atom stereocenters. The molecule has 0 aliphatic carbocycles. The number of aliphatic carboxylic acids is 1. The van der Waals surface area contributed by atoms with Crippen LogP contribution in [0.4, 0.5) is 0 Å². The van der Waals surface area contributed by atoms with Crippen LogP contribution in [0.15, 0.2) is 17.3 Å². The highest BCUT2D eigenvalue weighted by molar-refractivity contribution is 7.89. The summed E-state index contributed by atoms with van der Waals surface area (Å²) in [5.41, 5.74) is -0.829. The van der Waals surface area contributed by atoms with Gasteiger partial charge in [-0.05, 0) is 13.8 Å². The van der Waals surface area contributed by atoms with Gasteiger partial charge in [0.15, 0.2) is 0 Å². The maximum Gasteiger partial charge on any atom is 0.325 e. The first-order chi connectivity index (χ1) is 8.66. The molecule has 8 nitrogen and oxygen atoms in total. The molecular formula is C10H14N4O4S. The second-order valence-corrected chi connectivity index (χ2v) is 6.35. The van der Waals surface area contributed by atoms with Gasteiger partial charge in [-0.25, -0.2) is 13.1 Å². The van der Waals surface area contributed by atoms with Gasteiger partial charge in [0.05, 0.1) is 17.7 Å². The van der Waals surface area contributed by atoms with E-state index in [-0.39, 0.29) is 11.4 Å². The van der Waals surface area contributed by atoms with Crippen molar-refractivity contribution in [3.05, 3.63) is 12.4 Å². The molecule has 9 heteroatoms. The van der Waals surface area contributed by atoms with Crippen molar-refractivity contribution in [2.24, 2.45) is 5.41 Å². The fourth-order valence-corrected chi connectivity index (χ4v) is 2.27. The van der Waals surface area contributed by atoms with Crippen molar-refractivity contribution in [3.63, 3.8) is 0 Å². The summed E-state index contributed by atoms with van der Waals surface area (Å²) < 4.78 is 27.0. The van der Waals surface area contributed by atoms with E-state index in [4.69, 9.17) is 10.4 Å². The van der Waals surface area contributed by atoms with Crippen LogP contribution >= 0.6 is 0 Å². The first-order valence-electron chi connectivity index (χ1n) is 5.31. The number of carbonyl (C=O) groups is 1. The maximum atomic E-state index is 11.9. The topological polar surface area (TPSA) is 125 Å². The van der Waals surface area contributed by atoms with Crippen molar-refractivity contribution >= 4 is 16.0 Å². The van der Waals surface area contributed by atoms with Crippen LogP contribution in [0.3, 0.4) is 0 Å². The second kappa shape index (κ2) is 5.38. The fourth-order valence-electron chi connectivity index (χ4n) is 1.11. The number of nitrogens with one attached hydrogen (secondary N) is 1. The van der Waals surface area contributed by atoms with Crippen LogP contribution < -0.4 is 4.72 Å². The van der Waals surface area contributed by atoms with Crippen LogP contribution in [-0.2, 0) is 21.4 Å². The summed E-state index contributed by atoms with van der Waals surface area (Å²) in [6.45, 7) is 2.74. The van der Waals surface area contributed by atoms with Crippen molar-refractivity contribution in [2.75, 3.05) is 6.54 Å². The zero-order valence-corrected chi connectivity index (χ0v) is 11.3. The molecule has 0 aliphatic rings. The smallest absolute Gasteiger partial charge is 0.325 e. The number of sulfonamides is 1. The van der Waals surface area contributed by atoms with E-state index in [9.17, 15) is 13.2 Å². The Morgan fingerprint density at radius 3 is 2.79 bits per heavy atom. The summed E-state index contributed by atoms with van der Waals surface area (Å²) in [6, 6.07) is 1.97. The van der Waals surface area contributed by atoms with E-state index < -0.39 is 28.0 Å². The Labute approximate surface area is 110 Å². The van der Waals surface area contributed by atoms with Gasteiger partial charge in [-0.3, -0.25) is 9.48 Å². The summed E-state index contributed by atoms with van der Waals surface area (Å²) in [7, 11) is -3.80. The van der Waals surface area contributed by atoms with E-state index >= 15 is 0 Å². The predicted molar refractivity (Wildman–Crippen MR) is 64.4 cm³/mol. The summed E-state index contributed by atoms with van der Waals surface area (Å²) >= 11 is 0. The third kappa shape index (κ3) is 4.35. The first kappa shape index (κ1) is 15.1. The molecule has 1 rings (SSSR count). The van der Waals surface area contributed by atoms with E-state index in [1.54, 1.807) is 13.8 Å². The lowest BCUT2D eigenvalue weighted by molar-refractivity contribution is -0.137. The van der Waals surface area contributed by atoms with Gasteiger partial charge in [0.2, 0.25) is 10.0 Å². The van der Waals surface area contributed by atoms with E-state index in [0.717, 1.165) is 17.1 Å². The van der Waals surface area contributed by atoms with Crippen molar-refractivity contribution in [3.8, 4) is 6.07 Å². The summed E-state index contributed by atoms with van der Waals surface area (Å²) in [4.78, 5) is 10.3. The molecule has 104 valence electrons. The van der Waals surface area contributed by atoms with E-state index in [2.05, 4.69) is 9.82 Å². The van der Waals surface area contributed by atoms with Crippen LogP contribution in [0.5, 0.6) is 0 Å². The van der Waals surface area contributed by atoms with E-state index in [1.807, 2.05) is 6.07 Å². The number of carboxylic acid groups (broad SMARTS) is 1. The van der Waals surface area contributed by atoms with Crippen LogP contribution in [0.25, 0.3) is 0 Å². The van der Waals surface area contributed by atoms with Crippen molar-refractivity contribution in [1.82, 2.24) is 14.5 Å². The molecule has 0 aliphatic heterocycles. The van der Waals surface area contributed by atoms with Crippen molar-refractivity contribution in [2.45, 2.75) is 25.3 Å². The number of carboxylic acids is 1. The van der Waals surface area contributed by atoms with Crippen molar-refractivity contribution in [1.29, 1.82) is 5.26 Å². The molecule has 19 heavy (non-hydrogen) atoms. The number of hydrogen-bond acceptors (Lipinski definition) is 5. The molecule has 2 N–H and O–H groups in total. The zero-order chi connectivity index (χ0) is 14.7. The molecule has 0 radical (unpaired) electrons. The van der Waals surface area contributed by atoms with Gasteiger partial charge in [-0.2, -0.15) is 10.4 Å². The Bertz CT molecular complexity index is 612. The minimum absolute atomic E-state index is 0.0457. The highest BCUT2D eigenvalue weighted by atomic mass is 32.2. The molecule has 0 bridgehead atoms. The zero-order valence-electron chi connectivity index (χ0n) is 10.5. The quantitative estimate of drug-likeness (QED) is 0.745. The van der Waals surface area contributed by atoms with Crippen LogP contribution in [-0.4, -0.2) is 35.8 Å². The molecule has 1 aromatic heterocycles.